The van der Waals surface area contributed by atoms with Gasteiger partial charge >= 0.3 is 0 Å². The molecule has 2 heterocycles. The number of nitrogens with zero attached hydrogens (tertiary/aromatic N) is 2. The number of aliphatic hydroxyl groups excluding tert-OH is 4. The van der Waals surface area contributed by atoms with E-state index in [1.165, 1.54) is 14.2 Å². The van der Waals surface area contributed by atoms with Gasteiger partial charge in [-0.05, 0) is 125 Å². The summed E-state index contributed by atoms with van der Waals surface area (Å²) in [4.78, 5) is 36.8. The van der Waals surface area contributed by atoms with E-state index in [-0.39, 0.29) is 44.0 Å². The van der Waals surface area contributed by atoms with Crippen LogP contribution in [-0.2, 0) is 28.7 Å². The molecular formula is C31H30Br6N4O11. The SMILES string of the molecule is COC1=C(Br)[C@H](O)[C@@]2(C=C1Br)CC(C(=O)NCC(O)c1cc(Br)c(OC[C@@H](O)CNC(=O)C3=NO[C@]4(C=C(Br)C(OC)=C(Br)[C@@H]4O)C3)c(Br)c1)=NO2. The highest BCUT2D eigenvalue weighted by Crippen LogP contribution is 2.45. The summed E-state index contributed by atoms with van der Waals surface area (Å²) in [5.74, 6) is -0.0771. The van der Waals surface area contributed by atoms with E-state index >= 15 is 0 Å². The summed E-state index contributed by atoms with van der Waals surface area (Å²) < 4.78 is 18.9. The molecule has 1 unspecified atom stereocenters. The predicted octanol–water partition coefficient (Wildman–Crippen LogP) is 4.06. The quantitative estimate of drug-likeness (QED) is 0.176. The number of allylic oxidation sites excluding steroid dienone is 2. The Hall–Kier alpha value is -1.82. The molecule has 2 spiro atoms. The van der Waals surface area contributed by atoms with E-state index in [0.717, 1.165) is 0 Å². The highest BCUT2D eigenvalue weighted by molar-refractivity contribution is 9.12. The molecule has 282 valence electrons. The van der Waals surface area contributed by atoms with Crippen molar-refractivity contribution < 1.29 is 53.9 Å². The van der Waals surface area contributed by atoms with Gasteiger partial charge < -0.3 is 54.9 Å². The van der Waals surface area contributed by atoms with Crippen LogP contribution < -0.4 is 15.4 Å². The molecule has 0 saturated heterocycles. The lowest BCUT2D eigenvalue weighted by atomic mass is 9.87. The normalized spacial score (nSPS) is 26.5. The van der Waals surface area contributed by atoms with E-state index in [1.807, 2.05) is 0 Å². The number of oxime groups is 2. The molecule has 4 aliphatic rings. The van der Waals surface area contributed by atoms with Gasteiger partial charge in [-0.15, -0.1) is 0 Å². The van der Waals surface area contributed by atoms with E-state index in [0.29, 0.717) is 49.7 Å². The average molecular weight is 1110 g/mol. The molecular weight excluding hydrogens is 1080 g/mol. The Morgan fingerprint density at radius 1 is 0.827 bits per heavy atom. The Morgan fingerprint density at radius 2 is 1.27 bits per heavy atom. The van der Waals surface area contributed by atoms with Crippen molar-refractivity contribution in [3.63, 3.8) is 0 Å². The molecule has 2 aliphatic carbocycles. The number of carbonyl (C=O) groups excluding carboxylic acids is 2. The van der Waals surface area contributed by atoms with Crippen molar-refractivity contribution >= 4 is 119 Å². The fourth-order valence-corrected chi connectivity index (χ4v) is 10.5. The second kappa shape index (κ2) is 16.9. The molecule has 5 rings (SSSR count). The minimum atomic E-state index is -1.32. The molecule has 0 fully saturated rings. The number of halogens is 6. The Balaban J connectivity index is 1.09. The zero-order valence-electron chi connectivity index (χ0n) is 27.0. The first kappa shape index (κ1) is 41.3. The van der Waals surface area contributed by atoms with Crippen molar-refractivity contribution in [3.05, 3.63) is 68.2 Å². The molecule has 0 aromatic heterocycles. The third-order valence-corrected chi connectivity index (χ3v) is 12.2. The van der Waals surface area contributed by atoms with Crippen LogP contribution in [0.3, 0.4) is 0 Å². The Morgan fingerprint density at radius 3 is 1.71 bits per heavy atom. The molecule has 1 aromatic rings. The van der Waals surface area contributed by atoms with Gasteiger partial charge in [0, 0.05) is 25.9 Å². The van der Waals surface area contributed by atoms with Crippen LogP contribution in [0.25, 0.3) is 0 Å². The predicted molar refractivity (Wildman–Crippen MR) is 208 cm³/mol. The van der Waals surface area contributed by atoms with Gasteiger partial charge in [-0.1, -0.05) is 10.3 Å². The average Bonchev–Trinajstić information content (AvgIpc) is 3.73. The monoisotopic (exact) mass is 1110 g/mol. The van der Waals surface area contributed by atoms with E-state index < -0.39 is 47.4 Å². The van der Waals surface area contributed by atoms with Crippen LogP contribution in [0.5, 0.6) is 5.75 Å². The fraction of sp³-hybridized carbons (Fsp3) is 0.419. The minimum Gasteiger partial charge on any atom is -0.495 e. The Bertz CT molecular complexity index is 1810. The van der Waals surface area contributed by atoms with E-state index in [2.05, 4.69) is 117 Å². The van der Waals surface area contributed by atoms with Gasteiger partial charge in [-0.2, -0.15) is 0 Å². The van der Waals surface area contributed by atoms with Gasteiger partial charge in [0.25, 0.3) is 11.8 Å². The first-order valence-electron chi connectivity index (χ1n) is 15.1. The van der Waals surface area contributed by atoms with Crippen molar-refractivity contribution in [3.8, 4) is 5.75 Å². The standard InChI is InChI=1S/C31H30Br6N4O11/c1-48-24-16(34)5-30(26(44)21(24)36)7-18(40-51-30)28(46)38-9-13(42)11-50-23-14(32)3-12(4-15(23)33)20(43)10-39-29(47)19-8-31(52-41-19)6-17(35)25(49-2)22(37)27(31)45/h3-6,13,20,26-27,42-45H,7-11H2,1-2H3,(H,38,46)(H,39,47)/t13-,20?,26-,27-,30+,31+/m0/s1. The van der Waals surface area contributed by atoms with Crippen LogP contribution in [0.15, 0.2) is 73.0 Å². The summed E-state index contributed by atoms with van der Waals surface area (Å²) in [6, 6.07) is 3.19. The molecule has 0 radical (unpaired) electrons. The number of hydrogen-bond acceptors (Lipinski definition) is 13. The van der Waals surface area contributed by atoms with Crippen LogP contribution in [-0.4, -0.2) is 107 Å². The van der Waals surface area contributed by atoms with Crippen LogP contribution >= 0.6 is 95.6 Å². The largest absolute Gasteiger partial charge is 0.495 e. The first-order chi connectivity index (χ1) is 24.6. The number of ether oxygens (including phenoxy) is 3. The number of methoxy groups -OCH3 is 2. The molecule has 15 nitrogen and oxygen atoms in total. The smallest absolute Gasteiger partial charge is 0.269 e. The highest BCUT2D eigenvalue weighted by atomic mass is 79.9. The van der Waals surface area contributed by atoms with Gasteiger partial charge in [0.15, 0.2) is 11.2 Å². The summed E-state index contributed by atoms with van der Waals surface area (Å²) in [7, 11) is 2.91. The van der Waals surface area contributed by atoms with Crippen LogP contribution in [0.2, 0.25) is 0 Å². The van der Waals surface area contributed by atoms with Crippen LogP contribution in [0.4, 0.5) is 0 Å². The van der Waals surface area contributed by atoms with Crippen molar-refractivity contribution in [2.75, 3.05) is 33.9 Å². The molecule has 21 heteroatoms. The summed E-state index contributed by atoms with van der Waals surface area (Å²) in [5, 5.41) is 56.0. The van der Waals surface area contributed by atoms with Gasteiger partial charge in [-0.3, -0.25) is 9.59 Å². The maximum Gasteiger partial charge on any atom is 0.269 e. The lowest BCUT2D eigenvalue weighted by molar-refractivity contribution is -0.116. The zero-order chi connectivity index (χ0) is 38.1. The molecule has 6 atom stereocenters. The third-order valence-electron chi connectivity index (χ3n) is 8.27. The fourth-order valence-electron chi connectivity index (χ4n) is 5.51. The second-order valence-electron chi connectivity index (χ2n) is 11.8. The number of hydrogen-bond donors (Lipinski definition) is 6. The number of rotatable bonds is 12. The van der Waals surface area contributed by atoms with Crippen molar-refractivity contribution in [2.45, 2.75) is 48.5 Å². The minimum absolute atomic E-state index is 0.0225. The second-order valence-corrected chi connectivity index (χ2v) is 16.9. The number of aliphatic hydroxyl groups is 4. The molecule has 0 saturated carbocycles. The maximum absolute atomic E-state index is 12.9. The molecule has 52 heavy (non-hydrogen) atoms. The summed E-state index contributed by atoms with van der Waals surface area (Å²) >= 11 is 20.2. The van der Waals surface area contributed by atoms with Crippen LogP contribution in [0, 0.1) is 0 Å². The summed E-state index contributed by atoms with van der Waals surface area (Å²) in [5.41, 5.74) is -2.16. The van der Waals surface area contributed by atoms with Crippen molar-refractivity contribution in [1.82, 2.24) is 10.6 Å². The maximum atomic E-state index is 12.9. The van der Waals surface area contributed by atoms with Gasteiger partial charge in [-0.25, -0.2) is 0 Å². The molecule has 2 amide bonds. The lowest BCUT2D eigenvalue weighted by Crippen LogP contribution is -2.45. The van der Waals surface area contributed by atoms with Crippen molar-refractivity contribution in [2.24, 2.45) is 10.3 Å². The molecule has 0 bridgehead atoms. The van der Waals surface area contributed by atoms with Gasteiger partial charge in [0.2, 0.25) is 0 Å². The Labute approximate surface area is 347 Å². The number of nitrogens with one attached hydrogen (secondary N) is 2. The lowest BCUT2D eigenvalue weighted by Gasteiger charge is -2.33. The Kier molecular flexibility index (Phi) is 13.4. The van der Waals surface area contributed by atoms with E-state index in [1.54, 1.807) is 24.3 Å². The topological polar surface area (TPSA) is 210 Å². The zero-order valence-corrected chi connectivity index (χ0v) is 36.5. The molecule has 2 aliphatic heterocycles. The van der Waals surface area contributed by atoms with E-state index in [9.17, 15) is 30.0 Å². The van der Waals surface area contributed by atoms with Crippen molar-refractivity contribution in [1.29, 1.82) is 0 Å². The first-order valence-corrected chi connectivity index (χ1v) is 19.9. The summed E-state index contributed by atoms with van der Waals surface area (Å²) in [6.45, 7) is -0.560. The third kappa shape index (κ3) is 8.37. The molecule has 1 aromatic carbocycles. The van der Waals surface area contributed by atoms with Gasteiger partial charge in [0.05, 0.1) is 47.2 Å². The molecule has 6 N–H and O–H groups in total. The number of carbonyl (C=O) groups is 2. The van der Waals surface area contributed by atoms with E-state index in [4.69, 9.17) is 23.9 Å². The highest BCUT2D eigenvalue weighted by Gasteiger charge is 2.52. The number of benzene rings is 1. The summed E-state index contributed by atoms with van der Waals surface area (Å²) in [6.07, 6.45) is -1.53. The number of amides is 2. The van der Waals surface area contributed by atoms with Gasteiger partial charge in [0.1, 0.15) is 53.6 Å². The van der Waals surface area contributed by atoms with Crippen LogP contribution in [0.1, 0.15) is 24.5 Å².